The Kier molecular flexibility index (Phi) is 7.62. The molecular weight excluding hydrogens is 496 g/mol. The molecule has 0 bridgehead atoms. The maximum Gasteiger partial charge on any atom is 0.307 e. The lowest BCUT2D eigenvalue weighted by Crippen LogP contribution is -2.08. The summed E-state index contributed by atoms with van der Waals surface area (Å²) in [7, 11) is -2.97. The van der Waals surface area contributed by atoms with Crippen molar-refractivity contribution in [2.75, 3.05) is 18.6 Å². The first kappa shape index (κ1) is 26.5. The molecule has 1 fully saturated rings. The fourth-order valence-corrected chi connectivity index (χ4v) is 6.40. The van der Waals surface area contributed by atoms with Gasteiger partial charge >= 0.3 is 5.97 Å². The van der Waals surface area contributed by atoms with Crippen molar-refractivity contribution in [3.8, 4) is 16.9 Å². The number of hydrogen-bond acceptors (Lipinski definition) is 4. The third kappa shape index (κ3) is 6.29. The molecule has 0 amide bonds. The molecule has 0 unspecified atom stereocenters. The van der Waals surface area contributed by atoms with Gasteiger partial charge in [0.2, 0.25) is 0 Å². The van der Waals surface area contributed by atoms with Gasteiger partial charge in [-0.25, -0.2) is 8.42 Å². The maximum atomic E-state index is 11.4. The van der Waals surface area contributed by atoms with Crippen LogP contribution in [0.4, 0.5) is 0 Å². The van der Waals surface area contributed by atoms with Gasteiger partial charge < -0.3 is 9.84 Å². The van der Waals surface area contributed by atoms with Gasteiger partial charge in [-0.05, 0) is 114 Å². The molecule has 5 nitrogen and oxygen atoms in total. The topological polar surface area (TPSA) is 80.7 Å². The fraction of sp³-hybridized carbons (Fsp3) is 0.406. The lowest BCUT2D eigenvalue weighted by Gasteiger charge is -2.17. The molecule has 6 heteroatoms. The molecule has 0 heterocycles. The van der Waals surface area contributed by atoms with E-state index < -0.39 is 15.8 Å². The van der Waals surface area contributed by atoms with Crippen LogP contribution in [-0.4, -0.2) is 38.1 Å². The van der Waals surface area contributed by atoms with Crippen molar-refractivity contribution in [1.82, 2.24) is 0 Å². The Hall–Kier alpha value is -3.12. The molecule has 5 rings (SSSR count). The van der Waals surface area contributed by atoms with E-state index >= 15 is 0 Å². The molecule has 2 atom stereocenters. The minimum Gasteiger partial charge on any atom is -0.494 e. The Morgan fingerprint density at radius 2 is 1.68 bits per heavy atom. The molecule has 1 N–H and O–H groups in total. The van der Waals surface area contributed by atoms with Crippen LogP contribution in [0.2, 0.25) is 0 Å². The molecule has 3 aromatic carbocycles. The zero-order valence-electron chi connectivity index (χ0n) is 22.2. The highest BCUT2D eigenvalue weighted by molar-refractivity contribution is 7.90. The second-order valence-corrected chi connectivity index (χ2v) is 13.2. The second-order valence-electron chi connectivity index (χ2n) is 11.0. The first-order valence-corrected chi connectivity index (χ1v) is 15.6. The number of aryl methyl sites for hydroxylation is 5. The predicted octanol–water partition coefficient (Wildman–Crippen LogP) is 5.94. The van der Waals surface area contributed by atoms with Crippen molar-refractivity contribution < 1.29 is 23.1 Å². The van der Waals surface area contributed by atoms with Crippen LogP contribution < -0.4 is 4.74 Å². The van der Waals surface area contributed by atoms with Crippen molar-refractivity contribution in [3.63, 3.8) is 0 Å². The van der Waals surface area contributed by atoms with Gasteiger partial charge in [-0.1, -0.05) is 42.5 Å². The first-order valence-electron chi connectivity index (χ1n) is 13.6. The number of rotatable bonds is 10. The van der Waals surface area contributed by atoms with Crippen LogP contribution in [0.15, 0.2) is 54.6 Å². The van der Waals surface area contributed by atoms with Crippen LogP contribution >= 0.6 is 0 Å². The van der Waals surface area contributed by atoms with Crippen LogP contribution in [0, 0.1) is 12.8 Å². The number of aliphatic carboxylic acids is 1. The number of carbonyl (C=O) groups is 1. The van der Waals surface area contributed by atoms with Crippen molar-refractivity contribution in [2.24, 2.45) is 5.92 Å². The summed E-state index contributed by atoms with van der Waals surface area (Å²) in [5.41, 5.74) is 10.2. The summed E-state index contributed by atoms with van der Waals surface area (Å²) in [6.07, 6.45) is 7.53. The van der Waals surface area contributed by atoms with E-state index in [0.717, 1.165) is 49.8 Å². The molecular formula is C32H36O5S. The molecule has 2 aliphatic carbocycles. The molecule has 0 aromatic heterocycles. The third-order valence-corrected chi connectivity index (χ3v) is 8.90. The van der Waals surface area contributed by atoms with Gasteiger partial charge in [0.25, 0.3) is 0 Å². The van der Waals surface area contributed by atoms with E-state index in [1.165, 1.54) is 45.2 Å². The fourth-order valence-electron chi connectivity index (χ4n) is 5.76. The van der Waals surface area contributed by atoms with E-state index in [1.807, 2.05) is 0 Å². The monoisotopic (exact) mass is 532 g/mol. The Morgan fingerprint density at radius 1 is 0.974 bits per heavy atom. The minimum absolute atomic E-state index is 0.142. The molecule has 0 radical (unpaired) electrons. The van der Waals surface area contributed by atoms with Gasteiger partial charge in [0, 0.05) is 6.26 Å². The number of ether oxygens (including phenoxy) is 1. The molecule has 200 valence electrons. The largest absolute Gasteiger partial charge is 0.494 e. The van der Waals surface area contributed by atoms with Crippen molar-refractivity contribution in [1.29, 1.82) is 0 Å². The normalized spacial score (nSPS) is 18.3. The highest BCUT2D eigenvalue weighted by atomic mass is 32.2. The molecule has 0 saturated heterocycles. The highest BCUT2D eigenvalue weighted by Crippen LogP contribution is 2.47. The lowest BCUT2D eigenvalue weighted by molar-refractivity contribution is -0.138. The maximum absolute atomic E-state index is 11.4. The number of benzene rings is 3. The number of carboxylic acid groups (broad SMARTS) is 1. The first-order chi connectivity index (χ1) is 18.2. The van der Waals surface area contributed by atoms with Gasteiger partial charge in [-0.3, -0.25) is 4.79 Å². The summed E-state index contributed by atoms with van der Waals surface area (Å²) < 4.78 is 28.7. The zero-order valence-corrected chi connectivity index (χ0v) is 23.0. The molecule has 0 aliphatic heterocycles. The summed E-state index contributed by atoms with van der Waals surface area (Å²) >= 11 is 0. The second kappa shape index (κ2) is 10.9. The average Bonchev–Trinajstić information content (AvgIpc) is 3.69. The van der Waals surface area contributed by atoms with Crippen LogP contribution in [-0.2, 0) is 40.3 Å². The van der Waals surface area contributed by atoms with Crippen molar-refractivity contribution in [2.45, 2.75) is 57.8 Å². The predicted molar refractivity (Wildman–Crippen MR) is 151 cm³/mol. The Bertz CT molecular complexity index is 1440. The standard InChI is InChI=1S/C32H36O5S/c1-21-17-27(37-15-4-16-38(2,35)36)19-26-6-3-5-24-14-11-23(18-29(24)31(21)26)8-7-22-9-12-25(13-10-22)28-20-30(28)32(33)34/h9-14,17-19,28,30H,3-8,15-16,20H2,1-2H3,(H,33,34)/t28-,30+/m1/s1. The minimum atomic E-state index is -2.97. The van der Waals surface area contributed by atoms with E-state index in [1.54, 1.807) is 0 Å². The quantitative estimate of drug-likeness (QED) is 0.327. The summed E-state index contributed by atoms with van der Waals surface area (Å²) in [4.78, 5) is 11.2. The zero-order chi connectivity index (χ0) is 26.9. The van der Waals surface area contributed by atoms with Crippen LogP contribution in [0.1, 0.15) is 58.6 Å². The van der Waals surface area contributed by atoms with Gasteiger partial charge in [-0.15, -0.1) is 0 Å². The SMILES string of the molecule is Cc1cc(OCCCS(C)(=O)=O)cc2c1-c1cc(CCc3ccc([C@H]4C[C@@H]4C(=O)O)cc3)ccc1CCC2. The van der Waals surface area contributed by atoms with E-state index in [2.05, 4.69) is 61.5 Å². The van der Waals surface area contributed by atoms with Gasteiger partial charge in [0.1, 0.15) is 15.6 Å². The molecule has 2 aliphatic rings. The number of carboxylic acids is 1. The van der Waals surface area contributed by atoms with Crippen molar-refractivity contribution >= 4 is 15.8 Å². The summed E-state index contributed by atoms with van der Waals surface area (Å²) in [5, 5.41) is 9.19. The van der Waals surface area contributed by atoms with Crippen LogP contribution in [0.5, 0.6) is 5.75 Å². The number of hydrogen-bond donors (Lipinski definition) is 1. The summed E-state index contributed by atoms with van der Waals surface area (Å²) in [6, 6.07) is 19.6. The van der Waals surface area contributed by atoms with Gasteiger partial charge in [0.15, 0.2) is 0 Å². The summed E-state index contributed by atoms with van der Waals surface area (Å²) in [6.45, 7) is 2.54. The van der Waals surface area contributed by atoms with Gasteiger partial charge in [-0.2, -0.15) is 0 Å². The molecule has 1 saturated carbocycles. The smallest absolute Gasteiger partial charge is 0.307 e. The molecule has 38 heavy (non-hydrogen) atoms. The number of fused-ring (bicyclic) bond motifs is 3. The lowest BCUT2D eigenvalue weighted by atomic mass is 9.90. The Balaban J connectivity index is 1.28. The van der Waals surface area contributed by atoms with E-state index in [-0.39, 0.29) is 17.6 Å². The van der Waals surface area contributed by atoms with Crippen LogP contribution in [0.25, 0.3) is 11.1 Å². The Labute approximate surface area is 225 Å². The van der Waals surface area contributed by atoms with E-state index in [0.29, 0.717) is 13.0 Å². The third-order valence-electron chi connectivity index (χ3n) is 7.87. The number of sulfone groups is 1. The molecule has 3 aromatic rings. The van der Waals surface area contributed by atoms with Crippen molar-refractivity contribution in [3.05, 3.63) is 88.0 Å². The average molecular weight is 533 g/mol. The van der Waals surface area contributed by atoms with E-state index in [4.69, 9.17) is 4.74 Å². The summed E-state index contributed by atoms with van der Waals surface area (Å²) in [5.74, 6) is 0.233. The van der Waals surface area contributed by atoms with Crippen LogP contribution in [0.3, 0.4) is 0 Å². The Morgan fingerprint density at radius 3 is 2.39 bits per heavy atom. The van der Waals surface area contributed by atoms with Gasteiger partial charge in [0.05, 0.1) is 18.3 Å². The van der Waals surface area contributed by atoms with E-state index in [9.17, 15) is 18.3 Å². The molecule has 0 spiro atoms. The highest BCUT2D eigenvalue weighted by Gasteiger charge is 2.43.